The number of nitriles is 1. The first-order valence-corrected chi connectivity index (χ1v) is 13.2. The lowest BCUT2D eigenvalue weighted by Crippen LogP contribution is -1.88. The van der Waals surface area contributed by atoms with Crippen LogP contribution in [0.4, 0.5) is 0 Å². The highest BCUT2D eigenvalue weighted by atomic mass is 16.3. The van der Waals surface area contributed by atoms with Crippen LogP contribution in [0, 0.1) is 11.3 Å². The molecule has 2 aromatic heterocycles. The summed E-state index contributed by atoms with van der Waals surface area (Å²) in [5.41, 5.74) is 10.2. The number of rotatable bonds is 3. The minimum atomic E-state index is 0.645. The van der Waals surface area contributed by atoms with Crippen LogP contribution in [0.1, 0.15) is 5.56 Å². The van der Waals surface area contributed by atoms with E-state index in [1.54, 1.807) is 0 Å². The summed E-state index contributed by atoms with van der Waals surface area (Å²) in [6, 6.07) is 45.6. The van der Waals surface area contributed by atoms with E-state index >= 15 is 0 Å². The van der Waals surface area contributed by atoms with E-state index in [2.05, 4.69) is 72.8 Å². The molecule has 6 aromatic carbocycles. The maximum absolute atomic E-state index is 9.85. The predicted octanol–water partition coefficient (Wildman–Crippen LogP) is 10.4. The average Bonchev–Trinajstić information content (AvgIpc) is 3.58. The lowest BCUT2D eigenvalue weighted by molar-refractivity contribution is 0.668. The van der Waals surface area contributed by atoms with Crippen LogP contribution in [0.5, 0.6) is 0 Å². The molecule has 0 aliphatic carbocycles. The van der Waals surface area contributed by atoms with E-state index in [0.717, 1.165) is 77.3 Å². The lowest BCUT2D eigenvalue weighted by Gasteiger charge is -2.12. The number of hydrogen-bond acceptors (Lipinski definition) is 3. The van der Waals surface area contributed by atoms with Crippen molar-refractivity contribution in [3.63, 3.8) is 0 Å². The zero-order valence-electron chi connectivity index (χ0n) is 21.4. The summed E-state index contributed by atoms with van der Waals surface area (Å²) in [7, 11) is 0. The van der Waals surface area contributed by atoms with Gasteiger partial charge in [0.25, 0.3) is 0 Å². The summed E-state index contributed by atoms with van der Waals surface area (Å²) < 4.78 is 12.4. The third-order valence-corrected chi connectivity index (χ3v) is 7.72. The van der Waals surface area contributed by atoms with Crippen LogP contribution in [-0.4, -0.2) is 0 Å². The molecular weight excluding hydrogens is 490 g/mol. The lowest BCUT2D eigenvalue weighted by atomic mass is 9.91. The molecule has 0 spiro atoms. The van der Waals surface area contributed by atoms with Crippen LogP contribution in [0.2, 0.25) is 0 Å². The van der Waals surface area contributed by atoms with E-state index in [1.165, 1.54) is 0 Å². The standard InChI is InChI=1S/C37H21NO2/c38-22-25-7-1-2-8-29(25)28-18-26(23-13-15-32-30-9-3-5-11-34(30)39-36(32)20-23)17-27(19-28)24-14-16-33-31-10-4-6-12-35(31)40-37(33)21-24/h1-21H. The second-order valence-electron chi connectivity index (χ2n) is 10.1. The van der Waals surface area contributed by atoms with Gasteiger partial charge < -0.3 is 8.83 Å². The molecule has 8 rings (SSSR count). The summed E-state index contributed by atoms with van der Waals surface area (Å²) >= 11 is 0. The maximum atomic E-state index is 9.85. The third kappa shape index (κ3) is 3.51. The Hall–Kier alpha value is -5.59. The first-order chi connectivity index (χ1) is 19.7. The van der Waals surface area contributed by atoms with Crippen LogP contribution < -0.4 is 0 Å². The Labute approximate surface area is 230 Å². The normalized spacial score (nSPS) is 11.5. The highest BCUT2D eigenvalue weighted by Gasteiger charge is 2.14. The van der Waals surface area contributed by atoms with Gasteiger partial charge in [0.1, 0.15) is 22.3 Å². The van der Waals surface area contributed by atoms with E-state index in [-0.39, 0.29) is 0 Å². The van der Waals surface area contributed by atoms with Gasteiger partial charge in [0.15, 0.2) is 0 Å². The second-order valence-corrected chi connectivity index (χ2v) is 10.1. The van der Waals surface area contributed by atoms with Crippen LogP contribution in [0.15, 0.2) is 136 Å². The summed E-state index contributed by atoms with van der Waals surface area (Å²) in [4.78, 5) is 0. The van der Waals surface area contributed by atoms with Gasteiger partial charge in [0, 0.05) is 21.5 Å². The molecule has 0 amide bonds. The van der Waals surface area contributed by atoms with Crippen molar-refractivity contribution in [2.24, 2.45) is 0 Å². The molecule has 0 fully saturated rings. The highest BCUT2D eigenvalue weighted by Crippen LogP contribution is 2.38. The molecule has 40 heavy (non-hydrogen) atoms. The molecule has 2 heterocycles. The molecule has 0 radical (unpaired) electrons. The molecule has 0 saturated heterocycles. The van der Waals surface area contributed by atoms with Crippen molar-refractivity contribution < 1.29 is 8.83 Å². The Kier molecular flexibility index (Phi) is 4.89. The minimum absolute atomic E-state index is 0.645. The van der Waals surface area contributed by atoms with Crippen molar-refractivity contribution in [1.82, 2.24) is 0 Å². The molecule has 0 unspecified atom stereocenters. The average molecular weight is 512 g/mol. The monoisotopic (exact) mass is 511 g/mol. The van der Waals surface area contributed by atoms with Crippen molar-refractivity contribution in [2.45, 2.75) is 0 Å². The zero-order chi connectivity index (χ0) is 26.6. The molecule has 0 atom stereocenters. The molecule has 186 valence electrons. The minimum Gasteiger partial charge on any atom is -0.456 e. The molecule has 0 aliphatic rings. The van der Waals surface area contributed by atoms with E-state index < -0.39 is 0 Å². The fourth-order valence-electron chi connectivity index (χ4n) is 5.76. The molecule has 3 heteroatoms. The van der Waals surface area contributed by atoms with Crippen molar-refractivity contribution in [3.05, 3.63) is 133 Å². The van der Waals surface area contributed by atoms with Gasteiger partial charge in [-0.2, -0.15) is 5.26 Å². The maximum Gasteiger partial charge on any atom is 0.136 e. The largest absolute Gasteiger partial charge is 0.456 e. The number of nitrogens with zero attached hydrogens (tertiary/aromatic N) is 1. The molecule has 0 saturated carbocycles. The van der Waals surface area contributed by atoms with E-state index in [4.69, 9.17) is 8.83 Å². The Morgan fingerprint density at radius 2 is 0.875 bits per heavy atom. The Balaban J connectivity index is 1.35. The van der Waals surface area contributed by atoms with Crippen LogP contribution in [0.3, 0.4) is 0 Å². The fraction of sp³-hybridized carbons (Fsp3) is 0. The van der Waals surface area contributed by atoms with Crippen LogP contribution in [0.25, 0.3) is 77.3 Å². The predicted molar refractivity (Wildman–Crippen MR) is 162 cm³/mol. The Bertz CT molecular complexity index is 2160. The van der Waals surface area contributed by atoms with Crippen LogP contribution >= 0.6 is 0 Å². The molecule has 0 aliphatic heterocycles. The number of para-hydroxylation sites is 2. The van der Waals surface area contributed by atoms with Gasteiger partial charge in [-0.15, -0.1) is 0 Å². The van der Waals surface area contributed by atoms with Crippen molar-refractivity contribution >= 4 is 43.9 Å². The number of benzene rings is 6. The smallest absolute Gasteiger partial charge is 0.136 e. The topological polar surface area (TPSA) is 50.1 Å². The zero-order valence-corrected chi connectivity index (χ0v) is 21.4. The van der Waals surface area contributed by atoms with Crippen molar-refractivity contribution in [2.75, 3.05) is 0 Å². The summed E-state index contributed by atoms with van der Waals surface area (Å²) in [5.74, 6) is 0. The Morgan fingerprint density at radius 3 is 1.45 bits per heavy atom. The number of furan rings is 2. The summed E-state index contributed by atoms with van der Waals surface area (Å²) in [6.07, 6.45) is 0. The third-order valence-electron chi connectivity index (χ3n) is 7.72. The second kappa shape index (κ2) is 8.73. The van der Waals surface area contributed by atoms with Crippen LogP contribution in [-0.2, 0) is 0 Å². The van der Waals surface area contributed by atoms with Crippen molar-refractivity contribution in [1.29, 1.82) is 5.26 Å². The molecule has 3 nitrogen and oxygen atoms in total. The Morgan fingerprint density at radius 1 is 0.400 bits per heavy atom. The van der Waals surface area contributed by atoms with Gasteiger partial charge in [-0.25, -0.2) is 0 Å². The molecule has 0 bridgehead atoms. The molecule has 8 aromatic rings. The van der Waals surface area contributed by atoms with Gasteiger partial charge in [0.05, 0.1) is 11.6 Å². The van der Waals surface area contributed by atoms with E-state index in [1.807, 2.05) is 60.7 Å². The fourth-order valence-corrected chi connectivity index (χ4v) is 5.76. The SMILES string of the molecule is N#Cc1ccccc1-c1cc(-c2ccc3c(c2)oc2ccccc23)cc(-c2ccc3c(c2)oc2ccccc23)c1. The highest BCUT2D eigenvalue weighted by molar-refractivity contribution is 6.07. The van der Waals surface area contributed by atoms with Gasteiger partial charge in [0.2, 0.25) is 0 Å². The molecule has 0 N–H and O–H groups in total. The van der Waals surface area contributed by atoms with Gasteiger partial charge >= 0.3 is 0 Å². The van der Waals surface area contributed by atoms with Gasteiger partial charge in [-0.05, 0) is 94.0 Å². The van der Waals surface area contributed by atoms with Gasteiger partial charge in [-0.1, -0.05) is 66.7 Å². The van der Waals surface area contributed by atoms with E-state index in [9.17, 15) is 5.26 Å². The number of fused-ring (bicyclic) bond motifs is 6. The first kappa shape index (κ1) is 22.4. The van der Waals surface area contributed by atoms with Crippen molar-refractivity contribution in [3.8, 4) is 39.4 Å². The van der Waals surface area contributed by atoms with Gasteiger partial charge in [-0.3, -0.25) is 0 Å². The first-order valence-electron chi connectivity index (χ1n) is 13.2. The van der Waals surface area contributed by atoms with E-state index in [0.29, 0.717) is 5.56 Å². The summed E-state index contributed by atoms with van der Waals surface area (Å²) in [5, 5.41) is 14.3. The summed E-state index contributed by atoms with van der Waals surface area (Å²) in [6.45, 7) is 0. The quantitative estimate of drug-likeness (QED) is 0.237. The molecular formula is C37H21NO2. The number of hydrogen-bond donors (Lipinski definition) is 0.